The minimum Gasteiger partial charge on any atom is -0.316 e. The van der Waals surface area contributed by atoms with E-state index >= 15 is 0 Å². The number of hydrogen-bond donors (Lipinski definition) is 1. The number of thioether (sulfide) groups is 1. The van der Waals surface area contributed by atoms with Gasteiger partial charge in [0.1, 0.15) is 0 Å². The molecule has 0 aromatic heterocycles. The van der Waals surface area contributed by atoms with Crippen molar-refractivity contribution in [2.45, 2.75) is 44.1 Å². The largest absolute Gasteiger partial charge is 0.316 e. The fraction of sp³-hybridized carbons (Fsp3) is 0.600. The molecule has 0 bridgehead atoms. The Morgan fingerprint density at radius 2 is 1.94 bits per heavy atom. The smallest absolute Gasteiger partial charge is 0.0188 e. The molecule has 1 unspecified atom stereocenters. The second kappa shape index (κ2) is 6.46. The van der Waals surface area contributed by atoms with Gasteiger partial charge in [0.25, 0.3) is 0 Å². The molecule has 1 aromatic carbocycles. The monoisotopic (exact) mass is 249 g/mol. The van der Waals surface area contributed by atoms with Crippen LogP contribution in [0.2, 0.25) is 0 Å². The van der Waals surface area contributed by atoms with E-state index in [-0.39, 0.29) is 0 Å². The van der Waals surface area contributed by atoms with E-state index in [1.165, 1.54) is 49.0 Å². The first-order chi connectivity index (χ1) is 8.24. The standard InChI is InChI=1S/C15H23NS/c1-12-7-13(2)9-14(8-12)11-17-15-5-3-4-6-16-10-15/h7-9,15-16H,3-6,10-11H2,1-2H3. The lowest BCUT2D eigenvalue weighted by molar-refractivity contribution is 0.706. The summed E-state index contributed by atoms with van der Waals surface area (Å²) in [5.41, 5.74) is 4.26. The first-order valence-electron chi connectivity index (χ1n) is 6.63. The Balaban J connectivity index is 1.87. The van der Waals surface area contributed by atoms with Crippen molar-refractivity contribution in [3.8, 4) is 0 Å². The van der Waals surface area contributed by atoms with Crippen molar-refractivity contribution in [2.75, 3.05) is 13.1 Å². The maximum atomic E-state index is 3.54. The lowest BCUT2D eigenvalue weighted by Gasteiger charge is -2.14. The van der Waals surface area contributed by atoms with E-state index in [0.29, 0.717) is 0 Å². The topological polar surface area (TPSA) is 12.0 Å². The summed E-state index contributed by atoms with van der Waals surface area (Å²) in [6.45, 7) is 6.78. The van der Waals surface area contributed by atoms with Crippen LogP contribution >= 0.6 is 11.8 Å². The zero-order valence-corrected chi connectivity index (χ0v) is 11.8. The van der Waals surface area contributed by atoms with Crippen LogP contribution in [0.3, 0.4) is 0 Å². The average molecular weight is 249 g/mol. The van der Waals surface area contributed by atoms with Crippen LogP contribution in [0.1, 0.15) is 36.0 Å². The van der Waals surface area contributed by atoms with Crippen LogP contribution in [0.4, 0.5) is 0 Å². The summed E-state index contributed by atoms with van der Waals surface area (Å²) in [5, 5.41) is 4.34. The van der Waals surface area contributed by atoms with Gasteiger partial charge in [0.2, 0.25) is 0 Å². The fourth-order valence-corrected chi connectivity index (χ4v) is 3.66. The van der Waals surface area contributed by atoms with Crippen LogP contribution in [-0.2, 0) is 5.75 Å². The normalized spacial score (nSPS) is 21.2. The predicted molar refractivity (Wildman–Crippen MR) is 77.7 cm³/mol. The van der Waals surface area contributed by atoms with E-state index in [1.807, 2.05) is 0 Å². The molecule has 94 valence electrons. The Labute approximate surface area is 109 Å². The van der Waals surface area contributed by atoms with Crippen LogP contribution in [0, 0.1) is 13.8 Å². The minimum absolute atomic E-state index is 0.804. The Hall–Kier alpha value is -0.470. The molecule has 1 aliphatic heterocycles. The molecule has 1 N–H and O–H groups in total. The third-order valence-electron chi connectivity index (χ3n) is 3.27. The van der Waals surface area contributed by atoms with Gasteiger partial charge in [0, 0.05) is 17.5 Å². The van der Waals surface area contributed by atoms with Gasteiger partial charge in [-0.3, -0.25) is 0 Å². The Morgan fingerprint density at radius 1 is 1.18 bits per heavy atom. The van der Waals surface area contributed by atoms with Gasteiger partial charge >= 0.3 is 0 Å². The van der Waals surface area contributed by atoms with Crippen molar-refractivity contribution in [2.24, 2.45) is 0 Å². The Morgan fingerprint density at radius 3 is 2.71 bits per heavy atom. The number of benzene rings is 1. The molecule has 1 heterocycles. The summed E-state index contributed by atoms with van der Waals surface area (Å²) >= 11 is 2.12. The molecule has 17 heavy (non-hydrogen) atoms. The molecule has 0 radical (unpaired) electrons. The molecule has 0 saturated carbocycles. The highest BCUT2D eigenvalue weighted by molar-refractivity contribution is 7.99. The maximum Gasteiger partial charge on any atom is 0.0188 e. The molecule has 1 nitrogen and oxygen atoms in total. The zero-order chi connectivity index (χ0) is 12.1. The van der Waals surface area contributed by atoms with Crippen molar-refractivity contribution in [3.63, 3.8) is 0 Å². The molecule has 1 atom stereocenters. The molecule has 1 saturated heterocycles. The molecular weight excluding hydrogens is 226 g/mol. The molecule has 0 amide bonds. The predicted octanol–water partition coefficient (Wildman–Crippen LogP) is 3.68. The van der Waals surface area contributed by atoms with Crippen LogP contribution in [-0.4, -0.2) is 18.3 Å². The molecular formula is C15H23NS. The van der Waals surface area contributed by atoms with E-state index in [1.54, 1.807) is 0 Å². The van der Waals surface area contributed by atoms with Crippen molar-refractivity contribution in [3.05, 3.63) is 34.9 Å². The number of hydrogen-bond acceptors (Lipinski definition) is 2. The Kier molecular flexibility index (Phi) is 4.93. The van der Waals surface area contributed by atoms with E-state index < -0.39 is 0 Å². The zero-order valence-electron chi connectivity index (χ0n) is 11.0. The van der Waals surface area contributed by atoms with Crippen molar-refractivity contribution in [1.29, 1.82) is 0 Å². The molecule has 1 aliphatic rings. The molecule has 1 aromatic rings. The van der Waals surface area contributed by atoms with Crippen molar-refractivity contribution < 1.29 is 0 Å². The highest BCUT2D eigenvalue weighted by Gasteiger charge is 2.12. The van der Waals surface area contributed by atoms with Crippen LogP contribution in [0.5, 0.6) is 0 Å². The maximum absolute atomic E-state index is 3.54. The van der Waals surface area contributed by atoms with Crippen LogP contribution in [0.15, 0.2) is 18.2 Å². The summed E-state index contributed by atoms with van der Waals surface area (Å²) in [7, 11) is 0. The Bertz CT molecular complexity index is 334. The van der Waals surface area contributed by atoms with E-state index in [2.05, 4.69) is 49.1 Å². The number of nitrogens with one attached hydrogen (secondary N) is 1. The van der Waals surface area contributed by atoms with Crippen LogP contribution < -0.4 is 5.32 Å². The lowest BCUT2D eigenvalue weighted by Crippen LogP contribution is -2.22. The van der Waals surface area contributed by atoms with Gasteiger partial charge in [-0.1, -0.05) is 35.7 Å². The van der Waals surface area contributed by atoms with E-state index in [9.17, 15) is 0 Å². The molecule has 0 spiro atoms. The van der Waals surface area contributed by atoms with Gasteiger partial charge in [-0.05, 0) is 38.8 Å². The second-order valence-corrected chi connectivity index (χ2v) is 6.42. The molecule has 1 fully saturated rings. The van der Waals surface area contributed by atoms with Gasteiger partial charge < -0.3 is 5.32 Å². The van der Waals surface area contributed by atoms with Gasteiger partial charge in [-0.15, -0.1) is 0 Å². The summed E-state index contributed by atoms with van der Waals surface area (Å²) in [5.74, 6) is 1.16. The van der Waals surface area contributed by atoms with Crippen molar-refractivity contribution >= 4 is 11.8 Å². The number of aryl methyl sites for hydroxylation is 2. The third kappa shape index (κ3) is 4.36. The van der Waals surface area contributed by atoms with Gasteiger partial charge in [-0.2, -0.15) is 11.8 Å². The highest BCUT2D eigenvalue weighted by Crippen LogP contribution is 2.24. The highest BCUT2D eigenvalue weighted by atomic mass is 32.2. The first-order valence-corrected chi connectivity index (χ1v) is 7.68. The van der Waals surface area contributed by atoms with Gasteiger partial charge in [0.15, 0.2) is 0 Å². The van der Waals surface area contributed by atoms with Crippen LogP contribution in [0.25, 0.3) is 0 Å². The first kappa shape index (κ1) is 13.0. The van der Waals surface area contributed by atoms with Gasteiger partial charge in [-0.25, -0.2) is 0 Å². The fourth-order valence-electron chi connectivity index (χ4n) is 2.50. The third-order valence-corrected chi connectivity index (χ3v) is 4.64. The number of rotatable bonds is 3. The molecule has 0 aliphatic carbocycles. The molecule has 2 rings (SSSR count). The average Bonchev–Trinajstić information content (AvgIpc) is 2.53. The summed E-state index contributed by atoms with van der Waals surface area (Å²) in [6.07, 6.45) is 4.11. The lowest BCUT2D eigenvalue weighted by atomic mass is 10.1. The van der Waals surface area contributed by atoms with Crippen molar-refractivity contribution in [1.82, 2.24) is 5.32 Å². The summed E-state index contributed by atoms with van der Waals surface area (Å²) in [6, 6.07) is 6.90. The minimum atomic E-state index is 0.804. The quantitative estimate of drug-likeness (QED) is 0.877. The van der Waals surface area contributed by atoms with E-state index in [4.69, 9.17) is 0 Å². The van der Waals surface area contributed by atoms with E-state index in [0.717, 1.165) is 11.0 Å². The molecule has 2 heteroatoms. The summed E-state index contributed by atoms with van der Waals surface area (Å²) in [4.78, 5) is 0. The SMILES string of the molecule is Cc1cc(C)cc(CSC2CCCCNC2)c1. The van der Waals surface area contributed by atoms with Gasteiger partial charge in [0.05, 0.1) is 0 Å². The second-order valence-electron chi connectivity index (χ2n) is 5.13. The summed E-state index contributed by atoms with van der Waals surface area (Å²) < 4.78 is 0.